The van der Waals surface area contributed by atoms with E-state index in [-0.39, 0.29) is 17.0 Å². The zero-order valence-electron chi connectivity index (χ0n) is 15.3. The highest BCUT2D eigenvalue weighted by Crippen LogP contribution is 2.32. The predicted octanol–water partition coefficient (Wildman–Crippen LogP) is 5.63. The smallest absolute Gasteiger partial charge is 0.163 e. The van der Waals surface area contributed by atoms with Crippen LogP contribution in [0.3, 0.4) is 0 Å². The summed E-state index contributed by atoms with van der Waals surface area (Å²) < 4.78 is 0. The van der Waals surface area contributed by atoms with Crippen LogP contribution in [0.5, 0.6) is 0 Å². The van der Waals surface area contributed by atoms with Gasteiger partial charge in [0.15, 0.2) is 5.78 Å². The first kappa shape index (κ1) is 19.3. The third kappa shape index (κ3) is 5.05. The van der Waals surface area contributed by atoms with Crippen molar-refractivity contribution in [3.63, 3.8) is 0 Å². The van der Waals surface area contributed by atoms with Gasteiger partial charge in [-0.15, -0.1) is 17.0 Å². The van der Waals surface area contributed by atoms with Crippen LogP contribution in [0.25, 0.3) is 11.1 Å². The minimum absolute atomic E-state index is 0. The molecule has 138 valence electrons. The minimum atomic E-state index is 0. The summed E-state index contributed by atoms with van der Waals surface area (Å²) in [5, 5.41) is 0. The average molecular weight is 414 g/mol. The molecular weight excluding hydrogens is 386 g/mol. The molecule has 2 nitrogen and oxygen atoms in total. The first-order chi connectivity index (χ1) is 12.3. The van der Waals surface area contributed by atoms with Gasteiger partial charge in [-0.25, -0.2) is 0 Å². The SMILES string of the molecule is Br.O=C(CC1CCN(CC2CC2)CC1)c1ccc(-c2ccccc2)cc1. The van der Waals surface area contributed by atoms with Crippen LogP contribution in [0.15, 0.2) is 54.6 Å². The maximum atomic E-state index is 12.6. The van der Waals surface area contributed by atoms with Crippen molar-refractivity contribution in [1.29, 1.82) is 0 Å². The topological polar surface area (TPSA) is 20.3 Å². The van der Waals surface area contributed by atoms with Crippen molar-refractivity contribution in [2.24, 2.45) is 11.8 Å². The van der Waals surface area contributed by atoms with E-state index in [4.69, 9.17) is 0 Å². The molecule has 0 N–H and O–H groups in total. The molecule has 1 saturated carbocycles. The van der Waals surface area contributed by atoms with Crippen LogP contribution in [0.4, 0.5) is 0 Å². The normalized spacial score (nSPS) is 18.3. The van der Waals surface area contributed by atoms with Crippen molar-refractivity contribution < 1.29 is 4.79 Å². The van der Waals surface area contributed by atoms with Crippen molar-refractivity contribution in [2.45, 2.75) is 32.1 Å². The molecule has 0 radical (unpaired) electrons. The van der Waals surface area contributed by atoms with Crippen molar-refractivity contribution in [2.75, 3.05) is 19.6 Å². The molecule has 0 atom stereocenters. The summed E-state index contributed by atoms with van der Waals surface area (Å²) in [6.45, 7) is 3.66. The summed E-state index contributed by atoms with van der Waals surface area (Å²) in [7, 11) is 0. The number of carbonyl (C=O) groups is 1. The van der Waals surface area contributed by atoms with Crippen molar-refractivity contribution in [3.05, 3.63) is 60.2 Å². The number of Topliss-reactive ketones (excluding diaryl/α,β-unsaturated/α-hetero) is 1. The molecule has 2 aliphatic rings. The largest absolute Gasteiger partial charge is 0.303 e. The van der Waals surface area contributed by atoms with Crippen LogP contribution in [0, 0.1) is 11.8 Å². The second-order valence-corrected chi connectivity index (χ2v) is 7.76. The highest BCUT2D eigenvalue weighted by molar-refractivity contribution is 8.93. The lowest BCUT2D eigenvalue weighted by Gasteiger charge is -2.31. The van der Waals surface area contributed by atoms with E-state index in [1.807, 2.05) is 30.3 Å². The number of halogens is 1. The van der Waals surface area contributed by atoms with Crippen molar-refractivity contribution in [3.8, 4) is 11.1 Å². The Morgan fingerprint density at radius 2 is 1.42 bits per heavy atom. The molecule has 0 unspecified atom stereocenters. The fourth-order valence-electron chi connectivity index (χ4n) is 3.90. The van der Waals surface area contributed by atoms with E-state index in [1.54, 1.807) is 0 Å². The Morgan fingerprint density at radius 1 is 0.808 bits per heavy atom. The van der Waals surface area contributed by atoms with Gasteiger partial charge in [-0.3, -0.25) is 4.79 Å². The van der Waals surface area contributed by atoms with Crippen molar-refractivity contribution >= 4 is 22.8 Å². The van der Waals surface area contributed by atoms with Crippen LogP contribution >= 0.6 is 17.0 Å². The lowest BCUT2D eigenvalue weighted by molar-refractivity contribution is 0.0926. The molecule has 26 heavy (non-hydrogen) atoms. The highest BCUT2D eigenvalue weighted by atomic mass is 79.9. The molecule has 1 aliphatic heterocycles. The summed E-state index contributed by atoms with van der Waals surface area (Å²) in [5.74, 6) is 1.85. The molecule has 4 rings (SSSR count). The van der Waals surface area contributed by atoms with Gasteiger partial charge < -0.3 is 4.90 Å². The number of ketones is 1. The first-order valence-electron chi connectivity index (χ1n) is 9.69. The average Bonchev–Trinajstić information content (AvgIpc) is 3.48. The number of rotatable bonds is 6. The van der Waals surface area contributed by atoms with Crippen LogP contribution in [0.2, 0.25) is 0 Å². The number of nitrogens with zero attached hydrogens (tertiary/aromatic N) is 1. The van der Waals surface area contributed by atoms with E-state index >= 15 is 0 Å². The Bertz CT molecular complexity index is 701. The molecule has 1 heterocycles. The van der Waals surface area contributed by atoms with Gasteiger partial charge in [-0.05, 0) is 61.7 Å². The molecule has 2 aromatic carbocycles. The zero-order chi connectivity index (χ0) is 17.1. The Hall–Kier alpha value is -1.45. The fourth-order valence-corrected chi connectivity index (χ4v) is 3.90. The van der Waals surface area contributed by atoms with E-state index in [0.717, 1.165) is 11.5 Å². The Labute approximate surface area is 167 Å². The maximum Gasteiger partial charge on any atom is 0.163 e. The molecule has 3 heteroatoms. The van der Waals surface area contributed by atoms with Gasteiger partial charge in [-0.1, -0.05) is 54.6 Å². The predicted molar refractivity (Wildman–Crippen MR) is 113 cm³/mol. The van der Waals surface area contributed by atoms with Crippen LogP contribution in [0.1, 0.15) is 42.5 Å². The van der Waals surface area contributed by atoms with Crippen LogP contribution < -0.4 is 0 Å². The molecule has 0 spiro atoms. The maximum absolute atomic E-state index is 12.6. The monoisotopic (exact) mass is 413 g/mol. The minimum Gasteiger partial charge on any atom is -0.303 e. The van der Waals surface area contributed by atoms with Crippen molar-refractivity contribution in [1.82, 2.24) is 4.90 Å². The third-order valence-corrected chi connectivity index (χ3v) is 5.71. The Morgan fingerprint density at radius 3 is 2.04 bits per heavy atom. The molecule has 2 fully saturated rings. The number of carbonyl (C=O) groups excluding carboxylic acids is 1. The summed E-state index contributed by atoms with van der Waals surface area (Å²) >= 11 is 0. The fraction of sp³-hybridized carbons (Fsp3) is 0.435. The van der Waals surface area contributed by atoms with Gasteiger partial charge in [0.05, 0.1) is 0 Å². The Balaban J connectivity index is 0.00000196. The molecule has 0 amide bonds. The van der Waals surface area contributed by atoms with Gasteiger partial charge in [0, 0.05) is 18.5 Å². The Kier molecular flexibility index (Phi) is 6.66. The third-order valence-electron chi connectivity index (χ3n) is 5.71. The van der Waals surface area contributed by atoms with Crippen LogP contribution in [-0.2, 0) is 0 Å². The van der Waals surface area contributed by atoms with E-state index < -0.39 is 0 Å². The highest BCUT2D eigenvalue weighted by Gasteiger charge is 2.27. The summed E-state index contributed by atoms with van der Waals surface area (Å²) in [4.78, 5) is 15.2. The van der Waals surface area contributed by atoms with Gasteiger partial charge in [0.25, 0.3) is 0 Å². The summed E-state index contributed by atoms with van der Waals surface area (Å²) in [6, 6.07) is 18.4. The zero-order valence-corrected chi connectivity index (χ0v) is 17.0. The lowest BCUT2D eigenvalue weighted by Crippen LogP contribution is -2.35. The molecule has 1 aliphatic carbocycles. The van der Waals surface area contributed by atoms with Gasteiger partial charge >= 0.3 is 0 Å². The molecule has 0 bridgehead atoms. The molecule has 1 saturated heterocycles. The summed E-state index contributed by atoms with van der Waals surface area (Å²) in [6.07, 6.45) is 5.93. The second-order valence-electron chi connectivity index (χ2n) is 7.76. The quantitative estimate of drug-likeness (QED) is 0.572. The second kappa shape index (κ2) is 8.96. The summed E-state index contributed by atoms with van der Waals surface area (Å²) in [5.41, 5.74) is 3.23. The number of hydrogen-bond donors (Lipinski definition) is 0. The van der Waals surface area contributed by atoms with E-state index in [0.29, 0.717) is 18.1 Å². The van der Waals surface area contributed by atoms with Gasteiger partial charge in [-0.2, -0.15) is 0 Å². The van der Waals surface area contributed by atoms with E-state index in [2.05, 4.69) is 29.2 Å². The lowest BCUT2D eigenvalue weighted by atomic mass is 9.89. The molecule has 0 aromatic heterocycles. The number of hydrogen-bond acceptors (Lipinski definition) is 2. The first-order valence-corrected chi connectivity index (χ1v) is 9.69. The molecular formula is C23H28BrNO. The number of likely N-dealkylation sites (tertiary alicyclic amines) is 1. The van der Waals surface area contributed by atoms with Crippen LogP contribution in [-0.4, -0.2) is 30.3 Å². The van der Waals surface area contributed by atoms with Gasteiger partial charge in [0.2, 0.25) is 0 Å². The standard InChI is InChI=1S/C23H27NO.BrH/c25-23(16-18-12-14-24(15-13-18)17-19-6-7-19)22-10-8-21(9-11-22)20-4-2-1-3-5-20;/h1-5,8-11,18-19H,6-7,12-17H2;1H. The van der Waals surface area contributed by atoms with Gasteiger partial charge in [0.1, 0.15) is 0 Å². The van der Waals surface area contributed by atoms with E-state index in [9.17, 15) is 4.79 Å². The molecule has 2 aromatic rings. The number of piperidine rings is 1. The van der Waals surface area contributed by atoms with E-state index in [1.165, 1.54) is 56.4 Å². The number of benzene rings is 2.